The minimum atomic E-state index is -0.901. The Hall–Kier alpha value is -1.82. The van der Waals surface area contributed by atoms with Gasteiger partial charge in [-0.1, -0.05) is 12.1 Å². The summed E-state index contributed by atoms with van der Waals surface area (Å²) in [5.74, 6) is -1.06. The molecule has 0 bridgehead atoms. The first-order valence-corrected chi connectivity index (χ1v) is 7.51. The Balaban J connectivity index is 1.83. The van der Waals surface area contributed by atoms with Crippen molar-refractivity contribution in [2.45, 2.75) is 31.2 Å². The van der Waals surface area contributed by atoms with Crippen LogP contribution in [-0.4, -0.2) is 22.5 Å². The van der Waals surface area contributed by atoms with Gasteiger partial charge in [-0.25, -0.2) is 0 Å². The average molecular weight is 352 g/mol. The van der Waals surface area contributed by atoms with Crippen LogP contribution < -0.4 is 5.32 Å². The van der Waals surface area contributed by atoms with Crippen LogP contribution in [0.4, 0.5) is 0 Å². The molecule has 21 heavy (non-hydrogen) atoms. The predicted molar refractivity (Wildman–Crippen MR) is 80.2 cm³/mol. The van der Waals surface area contributed by atoms with Crippen molar-refractivity contribution in [3.05, 3.63) is 34.5 Å². The number of carboxylic acid groups (broad SMARTS) is 1. The molecule has 5 nitrogen and oxygen atoms in total. The summed E-state index contributed by atoms with van der Waals surface area (Å²) < 4.78 is 6.35. The van der Waals surface area contributed by atoms with E-state index in [1.807, 2.05) is 18.2 Å². The molecule has 6 heteroatoms. The lowest BCUT2D eigenvalue weighted by molar-refractivity contribution is -0.139. The zero-order chi connectivity index (χ0) is 15.0. The van der Waals surface area contributed by atoms with Gasteiger partial charge in [0.1, 0.15) is 5.58 Å². The highest BCUT2D eigenvalue weighted by atomic mass is 79.9. The Kier molecular flexibility index (Phi) is 3.49. The van der Waals surface area contributed by atoms with Gasteiger partial charge in [0.25, 0.3) is 5.91 Å². The second kappa shape index (κ2) is 5.18. The second-order valence-electron chi connectivity index (χ2n) is 5.43. The van der Waals surface area contributed by atoms with Gasteiger partial charge in [0.05, 0.1) is 16.4 Å². The number of carboxylic acids is 1. The number of hydrogen-bond donors (Lipinski definition) is 2. The Morgan fingerprint density at radius 3 is 2.71 bits per heavy atom. The Morgan fingerprint density at radius 2 is 2.14 bits per heavy atom. The standard InChI is InChI=1S/C15H14BrNO4/c16-10-4-1-3-9-7-11(21-13(9)10)14(20)17-15(5-2-6-15)8-12(18)19/h1,3-4,7H,2,5-6,8H2,(H,17,20)(H,18,19). The molecule has 1 aromatic carbocycles. The fraction of sp³-hybridized carbons (Fsp3) is 0.333. The molecule has 0 atom stereocenters. The molecule has 1 aliphatic carbocycles. The second-order valence-corrected chi connectivity index (χ2v) is 6.28. The molecular weight excluding hydrogens is 338 g/mol. The molecule has 1 aliphatic rings. The highest BCUT2D eigenvalue weighted by Crippen LogP contribution is 2.35. The Bertz CT molecular complexity index is 718. The van der Waals surface area contributed by atoms with Gasteiger partial charge in [-0.15, -0.1) is 0 Å². The van der Waals surface area contributed by atoms with Gasteiger partial charge >= 0.3 is 5.97 Å². The first-order valence-electron chi connectivity index (χ1n) is 6.71. The molecule has 1 saturated carbocycles. The monoisotopic (exact) mass is 351 g/mol. The number of rotatable bonds is 4. The fourth-order valence-electron chi connectivity index (χ4n) is 2.68. The summed E-state index contributed by atoms with van der Waals surface area (Å²) in [7, 11) is 0. The minimum Gasteiger partial charge on any atom is -0.481 e. The summed E-state index contributed by atoms with van der Waals surface area (Å²) in [6, 6.07) is 7.23. The first kappa shape index (κ1) is 14.1. The van der Waals surface area contributed by atoms with Gasteiger partial charge in [-0.05, 0) is 47.3 Å². The molecule has 1 heterocycles. The van der Waals surface area contributed by atoms with Crippen LogP contribution in [0.1, 0.15) is 36.2 Å². The topological polar surface area (TPSA) is 79.5 Å². The smallest absolute Gasteiger partial charge is 0.305 e. The minimum absolute atomic E-state index is 0.0529. The van der Waals surface area contributed by atoms with E-state index in [1.165, 1.54) is 0 Å². The molecule has 2 N–H and O–H groups in total. The van der Waals surface area contributed by atoms with E-state index in [9.17, 15) is 9.59 Å². The SMILES string of the molecule is O=C(O)CC1(NC(=O)c2cc3cccc(Br)c3o2)CCC1. The zero-order valence-electron chi connectivity index (χ0n) is 11.2. The maximum atomic E-state index is 12.3. The quantitative estimate of drug-likeness (QED) is 0.885. The number of nitrogens with one attached hydrogen (secondary N) is 1. The van der Waals surface area contributed by atoms with E-state index < -0.39 is 11.5 Å². The van der Waals surface area contributed by atoms with Crippen molar-refractivity contribution >= 4 is 38.8 Å². The molecule has 1 amide bonds. The van der Waals surface area contributed by atoms with Crippen LogP contribution in [0.3, 0.4) is 0 Å². The summed E-state index contributed by atoms with van der Waals surface area (Å²) in [6.07, 6.45) is 2.26. The molecule has 0 radical (unpaired) electrons. The maximum Gasteiger partial charge on any atom is 0.305 e. The number of para-hydroxylation sites is 1. The van der Waals surface area contributed by atoms with Crippen LogP contribution in [0.2, 0.25) is 0 Å². The maximum absolute atomic E-state index is 12.3. The largest absolute Gasteiger partial charge is 0.481 e. The molecule has 0 saturated heterocycles. The van der Waals surface area contributed by atoms with Crippen molar-refractivity contribution in [3.8, 4) is 0 Å². The van der Waals surface area contributed by atoms with Crippen LogP contribution in [0.15, 0.2) is 33.2 Å². The van der Waals surface area contributed by atoms with E-state index in [0.717, 1.165) is 16.3 Å². The van der Waals surface area contributed by atoms with Crippen molar-refractivity contribution < 1.29 is 19.1 Å². The highest BCUT2D eigenvalue weighted by molar-refractivity contribution is 9.10. The number of carbonyl (C=O) groups excluding carboxylic acids is 1. The van der Waals surface area contributed by atoms with Crippen LogP contribution >= 0.6 is 15.9 Å². The molecule has 2 aromatic rings. The van der Waals surface area contributed by atoms with Gasteiger partial charge in [0, 0.05) is 5.39 Å². The van der Waals surface area contributed by atoms with E-state index in [2.05, 4.69) is 21.2 Å². The summed E-state index contributed by atoms with van der Waals surface area (Å²) in [5, 5.41) is 12.6. The van der Waals surface area contributed by atoms with Gasteiger partial charge in [-0.3, -0.25) is 9.59 Å². The average Bonchev–Trinajstić information content (AvgIpc) is 2.81. The van der Waals surface area contributed by atoms with E-state index in [4.69, 9.17) is 9.52 Å². The third-order valence-electron chi connectivity index (χ3n) is 3.90. The number of halogens is 1. The first-order chi connectivity index (χ1) is 9.99. The summed E-state index contributed by atoms with van der Waals surface area (Å²) in [4.78, 5) is 23.2. The van der Waals surface area contributed by atoms with Crippen LogP contribution in [0, 0.1) is 0 Å². The third-order valence-corrected chi connectivity index (χ3v) is 4.52. The number of amides is 1. The van der Waals surface area contributed by atoms with Gasteiger partial charge in [-0.2, -0.15) is 0 Å². The van der Waals surface area contributed by atoms with Crippen molar-refractivity contribution in [2.24, 2.45) is 0 Å². The molecule has 1 aromatic heterocycles. The lowest BCUT2D eigenvalue weighted by atomic mass is 9.74. The van der Waals surface area contributed by atoms with E-state index >= 15 is 0 Å². The predicted octanol–water partition coefficient (Wildman–Crippen LogP) is 3.32. The molecule has 0 spiro atoms. The lowest BCUT2D eigenvalue weighted by Crippen LogP contribution is -2.54. The number of hydrogen-bond acceptors (Lipinski definition) is 3. The normalized spacial score (nSPS) is 16.4. The van der Waals surface area contributed by atoms with Crippen molar-refractivity contribution in [3.63, 3.8) is 0 Å². The van der Waals surface area contributed by atoms with Crippen molar-refractivity contribution in [2.75, 3.05) is 0 Å². The van der Waals surface area contributed by atoms with E-state index in [0.29, 0.717) is 18.4 Å². The fourth-order valence-corrected chi connectivity index (χ4v) is 3.14. The highest BCUT2D eigenvalue weighted by Gasteiger charge is 2.41. The molecule has 110 valence electrons. The molecular formula is C15H14BrNO4. The third kappa shape index (κ3) is 2.68. The number of aliphatic carboxylic acids is 1. The van der Waals surface area contributed by atoms with Gasteiger partial charge < -0.3 is 14.8 Å². The summed E-state index contributed by atoms with van der Waals surface area (Å²) in [6.45, 7) is 0. The number of furan rings is 1. The zero-order valence-corrected chi connectivity index (χ0v) is 12.8. The molecule has 1 fully saturated rings. The molecule has 3 rings (SSSR count). The Labute approximate surface area is 129 Å². The van der Waals surface area contributed by atoms with Crippen LogP contribution in [0.5, 0.6) is 0 Å². The van der Waals surface area contributed by atoms with E-state index in [-0.39, 0.29) is 18.1 Å². The van der Waals surface area contributed by atoms with E-state index in [1.54, 1.807) is 6.07 Å². The number of fused-ring (bicyclic) bond motifs is 1. The number of benzene rings is 1. The molecule has 0 unspecified atom stereocenters. The van der Waals surface area contributed by atoms with Crippen LogP contribution in [0.25, 0.3) is 11.0 Å². The van der Waals surface area contributed by atoms with Crippen LogP contribution in [-0.2, 0) is 4.79 Å². The van der Waals surface area contributed by atoms with Gasteiger partial charge in [0.2, 0.25) is 0 Å². The van der Waals surface area contributed by atoms with Crippen molar-refractivity contribution in [1.82, 2.24) is 5.32 Å². The Morgan fingerprint density at radius 1 is 1.38 bits per heavy atom. The lowest BCUT2D eigenvalue weighted by Gasteiger charge is -2.41. The van der Waals surface area contributed by atoms with Crippen molar-refractivity contribution in [1.29, 1.82) is 0 Å². The summed E-state index contributed by atoms with van der Waals surface area (Å²) in [5.41, 5.74) is -0.0115. The number of carbonyl (C=O) groups is 2. The molecule has 0 aliphatic heterocycles. The summed E-state index contributed by atoms with van der Waals surface area (Å²) >= 11 is 3.38. The van der Waals surface area contributed by atoms with Gasteiger partial charge in [0.15, 0.2) is 5.76 Å².